The van der Waals surface area contributed by atoms with Gasteiger partial charge in [0.15, 0.2) is 0 Å². The first-order valence-corrected chi connectivity index (χ1v) is 5.70. The first-order valence-electron chi connectivity index (χ1n) is 5.70. The van der Waals surface area contributed by atoms with Gasteiger partial charge in [0.25, 0.3) is 0 Å². The largest absolute Gasteiger partial charge is 0.330 e. The van der Waals surface area contributed by atoms with Gasteiger partial charge in [0.1, 0.15) is 0 Å². The minimum Gasteiger partial charge on any atom is -0.330 e. The molecular weight excluding hydrogens is 194 g/mol. The van der Waals surface area contributed by atoms with Gasteiger partial charge in [-0.2, -0.15) is 0 Å². The predicted octanol–water partition coefficient (Wildman–Crippen LogP) is 3.17. The molecule has 0 aromatic heterocycles. The summed E-state index contributed by atoms with van der Waals surface area (Å²) in [5, 5.41) is 0. The highest BCUT2D eigenvalue weighted by Crippen LogP contribution is 2.25. The van der Waals surface area contributed by atoms with Crippen molar-refractivity contribution >= 4 is 0 Å². The molecule has 1 aliphatic rings. The molecular formula is C15H17N. The Labute approximate surface area is 97.0 Å². The van der Waals surface area contributed by atoms with E-state index in [4.69, 9.17) is 5.73 Å². The third-order valence-electron chi connectivity index (χ3n) is 2.85. The van der Waals surface area contributed by atoms with Crippen LogP contribution in [0, 0.1) is 0 Å². The van der Waals surface area contributed by atoms with Gasteiger partial charge in [0.05, 0.1) is 0 Å². The van der Waals surface area contributed by atoms with E-state index in [-0.39, 0.29) is 0 Å². The minimum atomic E-state index is 0.306. The van der Waals surface area contributed by atoms with Crippen molar-refractivity contribution < 1.29 is 0 Å². The summed E-state index contributed by atoms with van der Waals surface area (Å²) >= 11 is 0. The molecule has 0 bridgehead atoms. The summed E-state index contributed by atoms with van der Waals surface area (Å²) in [6.45, 7) is 0.647. The van der Waals surface area contributed by atoms with Crippen molar-refractivity contribution in [3.05, 3.63) is 71.8 Å². The van der Waals surface area contributed by atoms with Crippen LogP contribution in [0.25, 0.3) is 0 Å². The van der Waals surface area contributed by atoms with Crippen LogP contribution in [0.5, 0.6) is 0 Å². The average Bonchev–Trinajstić information content (AvgIpc) is 2.61. The van der Waals surface area contributed by atoms with Gasteiger partial charge in [-0.3, -0.25) is 0 Å². The topological polar surface area (TPSA) is 26.0 Å². The SMILES string of the molecule is NCC(C1=CC=CCC=C1)c1ccccc1. The van der Waals surface area contributed by atoms with Crippen LogP contribution in [0.4, 0.5) is 0 Å². The van der Waals surface area contributed by atoms with E-state index in [0.717, 1.165) is 6.42 Å². The molecule has 0 aliphatic heterocycles. The second kappa shape index (κ2) is 5.47. The van der Waals surface area contributed by atoms with E-state index in [2.05, 4.69) is 54.6 Å². The van der Waals surface area contributed by atoms with Crippen LogP contribution in [-0.2, 0) is 0 Å². The van der Waals surface area contributed by atoms with Crippen LogP contribution in [0.1, 0.15) is 17.9 Å². The van der Waals surface area contributed by atoms with Crippen molar-refractivity contribution in [3.63, 3.8) is 0 Å². The molecule has 2 N–H and O–H groups in total. The molecule has 0 saturated carbocycles. The lowest BCUT2D eigenvalue weighted by Crippen LogP contribution is -2.13. The number of hydrogen-bond donors (Lipinski definition) is 1. The molecule has 1 unspecified atom stereocenters. The predicted molar refractivity (Wildman–Crippen MR) is 69.2 cm³/mol. The molecule has 0 fully saturated rings. The molecule has 0 saturated heterocycles. The smallest absolute Gasteiger partial charge is 0.0212 e. The average molecular weight is 211 g/mol. The Morgan fingerprint density at radius 1 is 1.12 bits per heavy atom. The Morgan fingerprint density at radius 2 is 1.94 bits per heavy atom. The van der Waals surface area contributed by atoms with E-state index in [0.29, 0.717) is 12.5 Å². The lowest BCUT2D eigenvalue weighted by molar-refractivity contribution is 0.818. The fourth-order valence-electron chi connectivity index (χ4n) is 1.98. The van der Waals surface area contributed by atoms with Crippen molar-refractivity contribution in [3.8, 4) is 0 Å². The quantitative estimate of drug-likeness (QED) is 0.816. The molecule has 1 heteroatoms. The lowest BCUT2D eigenvalue weighted by atomic mass is 9.90. The second-order valence-electron chi connectivity index (χ2n) is 3.93. The number of benzene rings is 1. The van der Waals surface area contributed by atoms with Gasteiger partial charge in [0, 0.05) is 12.5 Å². The van der Waals surface area contributed by atoms with Crippen LogP contribution >= 0.6 is 0 Å². The Bertz CT molecular complexity index is 412. The molecule has 1 aromatic rings. The highest BCUT2D eigenvalue weighted by molar-refractivity contribution is 5.38. The van der Waals surface area contributed by atoms with E-state index in [1.165, 1.54) is 11.1 Å². The molecule has 2 rings (SSSR count). The van der Waals surface area contributed by atoms with Crippen molar-refractivity contribution in [2.24, 2.45) is 5.73 Å². The molecule has 1 aliphatic carbocycles. The van der Waals surface area contributed by atoms with Gasteiger partial charge in [-0.05, 0) is 17.6 Å². The summed E-state index contributed by atoms with van der Waals surface area (Å²) in [6, 6.07) is 10.4. The van der Waals surface area contributed by atoms with Crippen molar-refractivity contribution in [2.75, 3.05) is 6.54 Å². The normalized spacial score (nSPS) is 16.7. The zero-order chi connectivity index (χ0) is 11.2. The van der Waals surface area contributed by atoms with Gasteiger partial charge in [0.2, 0.25) is 0 Å². The zero-order valence-electron chi connectivity index (χ0n) is 9.34. The molecule has 1 nitrogen and oxygen atoms in total. The Hall–Kier alpha value is -1.60. The maximum Gasteiger partial charge on any atom is 0.0212 e. The van der Waals surface area contributed by atoms with E-state index in [1.807, 2.05) is 6.07 Å². The maximum absolute atomic E-state index is 5.89. The van der Waals surface area contributed by atoms with E-state index in [1.54, 1.807) is 0 Å². The highest BCUT2D eigenvalue weighted by atomic mass is 14.5. The summed E-state index contributed by atoms with van der Waals surface area (Å²) in [5.41, 5.74) is 8.47. The first-order chi connectivity index (χ1) is 7.92. The molecule has 0 amide bonds. The van der Waals surface area contributed by atoms with E-state index in [9.17, 15) is 0 Å². The summed E-state index contributed by atoms with van der Waals surface area (Å²) < 4.78 is 0. The van der Waals surface area contributed by atoms with Crippen LogP contribution in [0.3, 0.4) is 0 Å². The van der Waals surface area contributed by atoms with Crippen LogP contribution < -0.4 is 5.73 Å². The fourth-order valence-corrected chi connectivity index (χ4v) is 1.98. The first kappa shape index (κ1) is 10.9. The maximum atomic E-state index is 5.89. The summed E-state index contributed by atoms with van der Waals surface area (Å²) in [7, 11) is 0. The fraction of sp³-hybridized carbons (Fsp3) is 0.200. The second-order valence-corrected chi connectivity index (χ2v) is 3.93. The Morgan fingerprint density at radius 3 is 2.69 bits per heavy atom. The Kier molecular flexibility index (Phi) is 3.73. The number of allylic oxidation sites excluding steroid dienone is 5. The monoisotopic (exact) mass is 211 g/mol. The van der Waals surface area contributed by atoms with Crippen LogP contribution in [0.2, 0.25) is 0 Å². The van der Waals surface area contributed by atoms with Gasteiger partial charge in [-0.15, -0.1) is 0 Å². The van der Waals surface area contributed by atoms with Crippen LogP contribution in [0.15, 0.2) is 66.3 Å². The van der Waals surface area contributed by atoms with Gasteiger partial charge >= 0.3 is 0 Å². The molecule has 0 radical (unpaired) electrons. The number of nitrogens with two attached hydrogens (primary N) is 1. The molecule has 82 valence electrons. The van der Waals surface area contributed by atoms with Crippen molar-refractivity contribution in [2.45, 2.75) is 12.3 Å². The lowest BCUT2D eigenvalue weighted by Gasteiger charge is -2.16. The highest BCUT2D eigenvalue weighted by Gasteiger charge is 2.12. The third-order valence-corrected chi connectivity index (χ3v) is 2.85. The van der Waals surface area contributed by atoms with Gasteiger partial charge < -0.3 is 5.73 Å². The third kappa shape index (κ3) is 2.50. The molecule has 1 atom stereocenters. The molecule has 0 heterocycles. The zero-order valence-corrected chi connectivity index (χ0v) is 9.34. The van der Waals surface area contributed by atoms with Gasteiger partial charge in [-0.1, -0.05) is 60.7 Å². The van der Waals surface area contributed by atoms with Crippen molar-refractivity contribution in [1.82, 2.24) is 0 Å². The number of rotatable bonds is 3. The van der Waals surface area contributed by atoms with E-state index >= 15 is 0 Å². The van der Waals surface area contributed by atoms with Crippen molar-refractivity contribution in [1.29, 1.82) is 0 Å². The number of hydrogen-bond acceptors (Lipinski definition) is 1. The molecule has 0 spiro atoms. The summed E-state index contributed by atoms with van der Waals surface area (Å²) in [4.78, 5) is 0. The molecule has 1 aromatic carbocycles. The summed E-state index contributed by atoms with van der Waals surface area (Å²) in [5.74, 6) is 0.306. The standard InChI is InChI=1S/C15H17N/c16-12-15(14-10-6-3-7-11-14)13-8-4-1-2-5-9-13/h1,3-11,15H,2,12,16H2. The van der Waals surface area contributed by atoms with Crippen LogP contribution in [-0.4, -0.2) is 6.54 Å². The van der Waals surface area contributed by atoms with Gasteiger partial charge in [-0.25, -0.2) is 0 Å². The minimum absolute atomic E-state index is 0.306. The summed E-state index contributed by atoms with van der Waals surface area (Å²) in [6.07, 6.45) is 11.8. The molecule has 16 heavy (non-hydrogen) atoms. The Balaban J connectivity index is 2.29. The van der Waals surface area contributed by atoms with E-state index < -0.39 is 0 Å².